The predicted octanol–water partition coefficient (Wildman–Crippen LogP) is 6.93. The zero-order valence-corrected chi connectivity index (χ0v) is 18.7. The molecule has 0 saturated carbocycles. The molecule has 1 aromatic heterocycles. The van der Waals surface area contributed by atoms with E-state index in [2.05, 4.69) is 70.5 Å². The van der Waals surface area contributed by atoms with Crippen LogP contribution in [-0.2, 0) is 6.54 Å². The molecule has 5 rings (SSSR count). The number of nitrogens with zero attached hydrogens (tertiary/aromatic N) is 1. The molecule has 1 aliphatic rings. The number of ether oxygens (including phenoxy) is 1. The van der Waals surface area contributed by atoms with Crippen LogP contribution in [0, 0.1) is 0 Å². The summed E-state index contributed by atoms with van der Waals surface area (Å²) in [5, 5.41) is 2.27. The number of piperidine rings is 1. The number of furan rings is 1. The van der Waals surface area contributed by atoms with E-state index in [-0.39, 0.29) is 0 Å². The molecular formula is C26H27BrNO2+. The maximum Gasteiger partial charge on any atom is 0.139 e. The molecule has 2 heterocycles. The maximum absolute atomic E-state index is 6.21. The van der Waals surface area contributed by atoms with Crippen molar-refractivity contribution in [2.45, 2.75) is 25.8 Å². The molecule has 0 aliphatic carbocycles. The second kappa shape index (κ2) is 8.44. The Bertz CT molecular complexity index is 1150. The monoisotopic (exact) mass is 464 g/mol. The van der Waals surface area contributed by atoms with Gasteiger partial charge < -0.3 is 13.6 Å². The highest BCUT2D eigenvalue weighted by atomic mass is 79.9. The zero-order valence-electron chi connectivity index (χ0n) is 17.1. The Morgan fingerprint density at radius 2 is 1.57 bits per heavy atom. The normalized spacial score (nSPS) is 16.2. The van der Waals surface area contributed by atoms with Gasteiger partial charge in [-0.3, -0.25) is 0 Å². The van der Waals surface area contributed by atoms with Crippen LogP contribution < -0.4 is 4.74 Å². The number of benzene rings is 3. The van der Waals surface area contributed by atoms with E-state index >= 15 is 0 Å². The topological polar surface area (TPSA) is 22.4 Å². The first-order valence-corrected chi connectivity index (χ1v) is 11.6. The summed E-state index contributed by atoms with van der Waals surface area (Å²) in [6.07, 6.45) is 3.98. The van der Waals surface area contributed by atoms with E-state index in [4.69, 9.17) is 9.15 Å². The number of rotatable bonds is 6. The van der Waals surface area contributed by atoms with Gasteiger partial charge in [-0.15, -0.1) is 0 Å². The zero-order chi connectivity index (χ0) is 20.4. The molecule has 154 valence electrons. The SMILES string of the molecule is Brc1ccc2c(c1)oc1cc(OCC[N+]3(Cc4ccccc4)CCCCC3)ccc12. The molecule has 0 N–H and O–H groups in total. The predicted molar refractivity (Wildman–Crippen MR) is 126 cm³/mol. The molecule has 30 heavy (non-hydrogen) atoms. The Balaban J connectivity index is 1.30. The van der Waals surface area contributed by atoms with Crippen LogP contribution in [-0.4, -0.2) is 30.7 Å². The second-order valence-electron chi connectivity index (χ2n) is 8.47. The average molecular weight is 465 g/mol. The van der Waals surface area contributed by atoms with E-state index in [1.54, 1.807) is 0 Å². The summed E-state index contributed by atoms with van der Waals surface area (Å²) < 4.78 is 14.4. The number of hydrogen-bond donors (Lipinski definition) is 0. The minimum absolute atomic E-state index is 0.726. The fourth-order valence-corrected chi connectivity index (χ4v) is 5.13. The van der Waals surface area contributed by atoms with Crippen molar-refractivity contribution in [1.29, 1.82) is 0 Å². The smallest absolute Gasteiger partial charge is 0.139 e. The van der Waals surface area contributed by atoms with Crippen LogP contribution in [0.3, 0.4) is 0 Å². The van der Waals surface area contributed by atoms with Gasteiger partial charge in [-0.1, -0.05) is 46.3 Å². The summed E-state index contributed by atoms with van der Waals surface area (Å²) in [7, 11) is 0. The molecule has 0 atom stereocenters. The van der Waals surface area contributed by atoms with Gasteiger partial charge in [0.1, 0.15) is 36.6 Å². The van der Waals surface area contributed by atoms with Gasteiger partial charge in [0.2, 0.25) is 0 Å². The first-order valence-electron chi connectivity index (χ1n) is 10.8. The van der Waals surface area contributed by atoms with Crippen LogP contribution in [0.2, 0.25) is 0 Å². The fraction of sp³-hybridized carbons (Fsp3) is 0.308. The molecule has 4 heteroatoms. The van der Waals surface area contributed by atoms with E-state index in [9.17, 15) is 0 Å². The van der Waals surface area contributed by atoms with Crippen LogP contribution in [0.15, 0.2) is 75.6 Å². The van der Waals surface area contributed by atoms with E-state index in [1.807, 2.05) is 12.1 Å². The standard InChI is InChI=1S/C26H27BrNO2/c27-21-9-11-23-24-12-10-22(18-26(24)30-25(23)17-21)29-16-15-28(13-5-2-6-14-28)19-20-7-3-1-4-8-20/h1,3-4,7-12,17-18H,2,5-6,13-16,19H2/q+1. The van der Waals surface area contributed by atoms with E-state index in [0.29, 0.717) is 0 Å². The Morgan fingerprint density at radius 3 is 2.37 bits per heavy atom. The molecule has 0 bridgehead atoms. The first kappa shape index (κ1) is 19.7. The van der Waals surface area contributed by atoms with Crippen molar-refractivity contribution in [2.24, 2.45) is 0 Å². The van der Waals surface area contributed by atoms with Gasteiger partial charge in [-0.05, 0) is 49.6 Å². The summed E-state index contributed by atoms with van der Waals surface area (Å²) in [5.41, 5.74) is 3.21. The van der Waals surface area contributed by atoms with Gasteiger partial charge >= 0.3 is 0 Å². The lowest BCUT2D eigenvalue weighted by molar-refractivity contribution is -0.945. The third kappa shape index (κ3) is 4.12. The van der Waals surface area contributed by atoms with Crippen molar-refractivity contribution in [3.05, 3.63) is 76.8 Å². The molecule has 1 fully saturated rings. The third-order valence-corrected chi connectivity index (χ3v) is 6.86. The van der Waals surface area contributed by atoms with Crippen molar-refractivity contribution in [1.82, 2.24) is 0 Å². The summed E-state index contributed by atoms with van der Waals surface area (Å²) in [5.74, 6) is 0.885. The summed E-state index contributed by atoms with van der Waals surface area (Å²) >= 11 is 3.52. The molecule has 0 amide bonds. The molecule has 0 radical (unpaired) electrons. The fourth-order valence-electron chi connectivity index (χ4n) is 4.79. The molecule has 0 spiro atoms. The lowest BCUT2D eigenvalue weighted by Crippen LogP contribution is -2.52. The molecule has 3 aromatic carbocycles. The molecule has 1 aliphatic heterocycles. The highest BCUT2D eigenvalue weighted by Gasteiger charge is 2.30. The number of likely N-dealkylation sites (tertiary alicyclic amines) is 1. The second-order valence-corrected chi connectivity index (χ2v) is 9.38. The van der Waals surface area contributed by atoms with Gasteiger partial charge in [-0.25, -0.2) is 0 Å². The van der Waals surface area contributed by atoms with Crippen LogP contribution in [0.25, 0.3) is 21.9 Å². The number of hydrogen-bond acceptors (Lipinski definition) is 2. The Kier molecular flexibility index (Phi) is 5.53. The molecule has 1 saturated heterocycles. The number of quaternary nitrogens is 1. The van der Waals surface area contributed by atoms with Crippen molar-refractivity contribution in [3.8, 4) is 5.75 Å². The third-order valence-electron chi connectivity index (χ3n) is 6.37. The largest absolute Gasteiger partial charge is 0.488 e. The maximum atomic E-state index is 6.21. The van der Waals surface area contributed by atoms with Crippen molar-refractivity contribution in [2.75, 3.05) is 26.2 Å². The lowest BCUT2D eigenvalue weighted by Gasteiger charge is -2.41. The van der Waals surface area contributed by atoms with E-state index in [1.165, 1.54) is 37.9 Å². The molecule has 4 aromatic rings. The summed E-state index contributed by atoms with van der Waals surface area (Å²) in [6.45, 7) is 5.36. The molecular weight excluding hydrogens is 438 g/mol. The molecule has 3 nitrogen and oxygen atoms in total. The van der Waals surface area contributed by atoms with Crippen molar-refractivity contribution >= 4 is 37.9 Å². The van der Waals surface area contributed by atoms with E-state index < -0.39 is 0 Å². The molecule has 0 unspecified atom stereocenters. The lowest BCUT2D eigenvalue weighted by atomic mass is 10.1. The van der Waals surface area contributed by atoms with Gasteiger partial charge in [0.25, 0.3) is 0 Å². The Morgan fingerprint density at radius 1 is 0.833 bits per heavy atom. The van der Waals surface area contributed by atoms with Gasteiger partial charge in [-0.2, -0.15) is 0 Å². The number of halogens is 1. The Hall–Kier alpha value is -2.30. The van der Waals surface area contributed by atoms with Gasteiger partial charge in [0.05, 0.1) is 13.1 Å². The van der Waals surface area contributed by atoms with E-state index in [0.717, 1.165) is 56.3 Å². The van der Waals surface area contributed by atoms with Gasteiger partial charge in [0, 0.05) is 26.9 Å². The minimum Gasteiger partial charge on any atom is -0.488 e. The van der Waals surface area contributed by atoms with Crippen molar-refractivity contribution in [3.63, 3.8) is 0 Å². The highest BCUT2D eigenvalue weighted by molar-refractivity contribution is 9.10. The quantitative estimate of drug-likeness (QED) is 0.288. The Labute approximate surface area is 186 Å². The minimum atomic E-state index is 0.726. The summed E-state index contributed by atoms with van der Waals surface area (Å²) in [4.78, 5) is 0. The summed E-state index contributed by atoms with van der Waals surface area (Å²) in [6, 6.07) is 23.3. The van der Waals surface area contributed by atoms with Crippen LogP contribution in [0.1, 0.15) is 24.8 Å². The van der Waals surface area contributed by atoms with Crippen molar-refractivity contribution < 1.29 is 13.6 Å². The van der Waals surface area contributed by atoms with Crippen LogP contribution in [0.5, 0.6) is 5.75 Å². The van der Waals surface area contributed by atoms with Gasteiger partial charge in [0.15, 0.2) is 0 Å². The number of fused-ring (bicyclic) bond motifs is 3. The highest BCUT2D eigenvalue weighted by Crippen LogP contribution is 2.33. The average Bonchev–Trinajstić information content (AvgIpc) is 3.11. The van der Waals surface area contributed by atoms with Crippen LogP contribution in [0.4, 0.5) is 0 Å². The first-order chi connectivity index (χ1) is 14.7. The van der Waals surface area contributed by atoms with Crippen LogP contribution >= 0.6 is 15.9 Å².